The molecule has 134 valence electrons. The van der Waals surface area contributed by atoms with Crippen molar-refractivity contribution < 1.29 is 27.5 Å². The first kappa shape index (κ1) is 17.9. The number of alkyl halides is 3. The normalized spacial score (nSPS) is 16.2. The number of carbonyl (C=O) groups is 2. The van der Waals surface area contributed by atoms with Gasteiger partial charge in [-0.1, -0.05) is 0 Å². The summed E-state index contributed by atoms with van der Waals surface area (Å²) in [4.78, 5) is 26.3. The average Bonchev–Trinajstić information content (AvgIpc) is 3.20. The summed E-state index contributed by atoms with van der Waals surface area (Å²) in [6.45, 7) is 3.50. The van der Waals surface area contributed by atoms with Gasteiger partial charge in [0.25, 0.3) is 0 Å². The van der Waals surface area contributed by atoms with E-state index >= 15 is 0 Å². The summed E-state index contributed by atoms with van der Waals surface area (Å²) in [6.07, 6.45) is -4.40. The number of carbonyl (C=O) groups excluding carboxylic acids is 2. The van der Waals surface area contributed by atoms with Gasteiger partial charge in [-0.25, -0.2) is 4.79 Å². The van der Waals surface area contributed by atoms with Gasteiger partial charge in [-0.3, -0.25) is 4.79 Å². The third-order valence-electron chi connectivity index (χ3n) is 4.01. The summed E-state index contributed by atoms with van der Waals surface area (Å²) in [6, 6.07) is 2.62. The molecule has 0 fully saturated rings. The van der Waals surface area contributed by atoms with Gasteiger partial charge in [0.15, 0.2) is 0 Å². The highest BCUT2D eigenvalue weighted by atomic mass is 32.1. The lowest BCUT2D eigenvalue weighted by atomic mass is 9.93. The van der Waals surface area contributed by atoms with E-state index in [9.17, 15) is 22.8 Å². The van der Waals surface area contributed by atoms with Gasteiger partial charge in [0.1, 0.15) is 9.75 Å². The van der Waals surface area contributed by atoms with Crippen LogP contribution in [0.3, 0.4) is 0 Å². The molecule has 0 saturated carbocycles. The van der Waals surface area contributed by atoms with E-state index in [4.69, 9.17) is 4.74 Å². The molecular weight excluding hydrogens is 375 g/mol. The molecule has 2 aromatic rings. The summed E-state index contributed by atoms with van der Waals surface area (Å²) in [5, 5.41) is 1.40. The standard InChI is InChI=1S/C16H14F3NO3S2/c1-15(2)12-9(5-10(25-12)13(21)23-3)20(14(15)22)6-8-4-11(24-7-8)16(17,18)19/h4-5,7H,6H2,1-3H3. The average molecular weight is 389 g/mol. The van der Waals surface area contributed by atoms with E-state index in [-0.39, 0.29) is 12.5 Å². The van der Waals surface area contributed by atoms with Gasteiger partial charge < -0.3 is 9.64 Å². The molecule has 3 rings (SSSR count). The monoisotopic (exact) mass is 389 g/mol. The fourth-order valence-electron chi connectivity index (χ4n) is 2.72. The van der Waals surface area contributed by atoms with Crippen LogP contribution in [0.5, 0.6) is 0 Å². The molecule has 0 atom stereocenters. The van der Waals surface area contributed by atoms with Crippen LogP contribution >= 0.6 is 22.7 Å². The minimum Gasteiger partial charge on any atom is -0.465 e. The van der Waals surface area contributed by atoms with Crippen molar-refractivity contribution in [3.05, 3.63) is 37.7 Å². The minimum absolute atomic E-state index is 0.0270. The number of thiophene rings is 2. The fourth-order valence-corrected chi connectivity index (χ4v) is 4.67. The van der Waals surface area contributed by atoms with Gasteiger partial charge in [0.2, 0.25) is 5.91 Å². The zero-order valence-corrected chi connectivity index (χ0v) is 15.2. The molecule has 1 amide bonds. The number of fused-ring (bicyclic) bond motifs is 1. The zero-order chi connectivity index (χ0) is 18.6. The van der Waals surface area contributed by atoms with Crippen LogP contribution in [-0.4, -0.2) is 19.0 Å². The maximum atomic E-state index is 12.8. The lowest BCUT2D eigenvalue weighted by Gasteiger charge is -2.20. The molecule has 0 unspecified atom stereocenters. The van der Waals surface area contributed by atoms with E-state index in [1.54, 1.807) is 19.9 Å². The molecule has 9 heteroatoms. The molecular formula is C16H14F3NO3S2. The molecule has 0 aromatic carbocycles. The lowest BCUT2D eigenvalue weighted by molar-refractivity contribution is -0.134. The largest absolute Gasteiger partial charge is 0.465 e. The van der Waals surface area contributed by atoms with Crippen LogP contribution in [0.4, 0.5) is 18.9 Å². The van der Waals surface area contributed by atoms with Crippen molar-refractivity contribution >= 4 is 40.2 Å². The topological polar surface area (TPSA) is 46.6 Å². The van der Waals surface area contributed by atoms with Crippen molar-refractivity contribution in [2.45, 2.75) is 32.0 Å². The molecule has 3 heterocycles. The summed E-state index contributed by atoms with van der Waals surface area (Å²) in [7, 11) is 1.27. The van der Waals surface area contributed by atoms with Crippen LogP contribution in [0.1, 0.15) is 38.8 Å². The third-order valence-corrected chi connectivity index (χ3v) is 6.46. The Hall–Kier alpha value is -1.87. The second kappa shape index (κ2) is 5.84. The van der Waals surface area contributed by atoms with E-state index in [1.165, 1.54) is 28.7 Å². The van der Waals surface area contributed by atoms with Gasteiger partial charge in [0.05, 0.1) is 24.8 Å². The molecule has 25 heavy (non-hydrogen) atoms. The Morgan fingerprint density at radius 2 is 2.00 bits per heavy atom. The predicted octanol–water partition coefficient (Wildman–Crippen LogP) is 4.44. The van der Waals surface area contributed by atoms with Gasteiger partial charge in [-0.05, 0) is 36.9 Å². The highest BCUT2D eigenvalue weighted by molar-refractivity contribution is 7.15. The summed E-state index contributed by atoms with van der Waals surface area (Å²) >= 11 is 1.78. The molecule has 2 aromatic heterocycles. The number of esters is 1. The Labute approximate surface area is 149 Å². The first-order valence-corrected chi connectivity index (χ1v) is 8.94. The van der Waals surface area contributed by atoms with E-state index in [1.807, 2.05) is 0 Å². The Kier molecular flexibility index (Phi) is 4.19. The second-order valence-electron chi connectivity index (χ2n) is 6.15. The van der Waals surface area contributed by atoms with Crippen molar-refractivity contribution in [3.63, 3.8) is 0 Å². The predicted molar refractivity (Wildman–Crippen MR) is 89.2 cm³/mol. The third kappa shape index (κ3) is 2.95. The Morgan fingerprint density at radius 1 is 1.32 bits per heavy atom. The number of nitrogens with zero attached hydrogens (tertiary/aromatic N) is 1. The van der Waals surface area contributed by atoms with Crippen LogP contribution in [0.15, 0.2) is 17.5 Å². The van der Waals surface area contributed by atoms with E-state index in [0.29, 0.717) is 32.3 Å². The van der Waals surface area contributed by atoms with Crippen LogP contribution in [0.2, 0.25) is 0 Å². The van der Waals surface area contributed by atoms with Crippen molar-refractivity contribution in [1.82, 2.24) is 0 Å². The maximum absolute atomic E-state index is 12.8. The van der Waals surface area contributed by atoms with Crippen molar-refractivity contribution in [3.8, 4) is 0 Å². The SMILES string of the molecule is COC(=O)c1cc2c(s1)C(C)(C)C(=O)N2Cc1csc(C(F)(F)F)c1. The maximum Gasteiger partial charge on any atom is 0.425 e. The summed E-state index contributed by atoms with van der Waals surface area (Å²) in [5.41, 5.74) is 0.120. The number of hydrogen-bond acceptors (Lipinski definition) is 5. The quantitative estimate of drug-likeness (QED) is 0.729. The number of anilines is 1. The van der Waals surface area contributed by atoms with Crippen LogP contribution in [0, 0.1) is 0 Å². The molecule has 4 nitrogen and oxygen atoms in total. The first-order chi connectivity index (χ1) is 11.6. The van der Waals surface area contributed by atoms with E-state index in [2.05, 4.69) is 0 Å². The van der Waals surface area contributed by atoms with Gasteiger partial charge in [-0.2, -0.15) is 13.2 Å². The summed E-state index contributed by atoms with van der Waals surface area (Å²) < 4.78 is 43.0. The van der Waals surface area contributed by atoms with Gasteiger partial charge in [0, 0.05) is 4.88 Å². The number of amides is 1. The fraction of sp³-hybridized carbons (Fsp3) is 0.375. The molecule has 0 N–H and O–H groups in total. The Balaban J connectivity index is 1.95. The zero-order valence-electron chi connectivity index (χ0n) is 13.6. The number of hydrogen-bond donors (Lipinski definition) is 0. The molecule has 0 saturated heterocycles. The number of halogens is 3. The van der Waals surface area contributed by atoms with Gasteiger partial charge >= 0.3 is 12.1 Å². The highest BCUT2D eigenvalue weighted by Gasteiger charge is 2.46. The Bertz CT molecular complexity index is 851. The minimum atomic E-state index is -4.40. The van der Waals surface area contributed by atoms with Gasteiger partial charge in [-0.15, -0.1) is 22.7 Å². The van der Waals surface area contributed by atoms with Crippen LogP contribution in [-0.2, 0) is 27.7 Å². The summed E-state index contributed by atoms with van der Waals surface area (Å²) in [5.74, 6) is -0.706. The van der Waals surface area contributed by atoms with Crippen LogP contribution < -0.4 is 4.90 Å². The van der Waals surface area contributed by atoms with Crippen molar-refractivity contribution in [2.75, 3.05) is 12.0 Å². The van der Waals surface area contributed by atoms with Crippen molar-refractivity contribution in [2.24, 2.45) is 0 Å². The number of ether oxygens (including phenoxy) is 1. The lowest BCUT2D eigenvalue weighted by Crippen LogP contribution is -2.35. The molecule has 0 bridgehead atoms. The highest BCUT2D eigenvalue weighted by Crippen LogP contribution is 2.47. The van der Waals surface area contributed by atoms with E-state index in [0.717, 1.165) is 6.07 Å². The molecule has 0 aliphatic carbocycles. The first-order valence-electron chi connectivity index (χ1n) is 7.25. The molecule has 0 spiro atoms. The van der Waals surface area contributed by atoms with E-state index < -0.39 is 22.4 Å². The number of methoxy groups -OCH3 is 1. The molecule has 0 radical (unpaired) electrons. The Morgan fingerprint density at radius 3 is 2.56 bits per heavy atom. The number of rotatable bonds is 3. The second-order valence-corrected chi connectivity index (χ2v) is 8.11. The van der Waals surface area contributed by atoms with Crippen LogP contribution in [0.25, 0.3) is 0 Å². The smallest absolute Gasteiger partial charge is 0.425 e. The molecule has 1 aliphatic rings. The molecule has 1 aliphatic heterocycles. The van der Waals surface area contributed by atoms with Crippen molar-refractivity contribution in [1.29, 1.82) is 0 Å².